The van der Waals surface area contributed by atoms with Gasteiger partial charge in [-0.25, -0.2) is 17.9 Å². The van der Waals surface area contributed by atoms with Crippen LogP contribution in [0.3, 0.4) is 0 Å². The van der Waals surface area contributed by atoms with Crippen molar-refractivity contribution in [3.05, 3.63) is 11.8 Å². The number of aromatic nitrogens is 2. The Bertz CT molecular complexity index is 534. The number of aromatic amines is 1. The first-order valence-electron chi connectivity index (χ1n) is 5.35. The first kappa shape index (κ1) is 13.0. The van der Waals surface area contributed by atoms with Crippen LogP contribution in [0.1, 0.15) is 17.3 Å². The third-order valence-electron chi connectivity index (χ3n) is 2.33. The van der Waals surface area contributed by atoms with Crippen LogP contribution in [0.25, 0.3) is 0 Å². The zero-order valence-electron chi connectivity index (χ0n) is 9.67. The molecule has 8 nitrogen and oxygen atoms in total. The Balaban J connectivity index is 2.21. The molecule has 1 saturated heterocycles. The molecule has 0 unspecified atom stereocenters. The number of carbonyl (C=O) groups excluding carboxylic acids is 1. The molecular weight excluding hydrogens is 262 g/mol. The van der Waals surface area contributed by atoms with Gasteiger partial charge in [-0.15, -0.1) is 0 Å². The van der Waals surface area contributed by atoms with Crippen molar-refractivity contribution in [2.75, 3.05) is 19.8 Å². The zero-order chi connectivity index (χ0) is 13.2. The molecule has 0 radical (unpaired) electrons. The highest BCUT2D eigenvalue weighted by atomic mass is 32.2. The summed E-state index contributed by atoms with van der Waals surface area (Å²) in [4.78, 5) is 11.5. The van der Waals surface area contributed by atoms with Crippen LogP contribution in [-0.4, -0.2) is 50.4 Å². The summed E-state index contributed by atoms with van der Waals surface area (Å²) in [7, 11) is -3.82. The molecule has 0 saturated carbocycles. The molecule has 0 aromatic carbocycles. The topological polar surface area (TPSA) is 110 Å². The molecule has 0 spiro atoms. The summed E-state index contributed by atoms with van der Waals surface area (Å²) >= 11 is 0. The minimum absolute atomic E-state index is 0.107. The normalized spacial score (nSPS) is 16.3. The maximum atomic E-state index is 12.0. The number of esters is 1. The van der Waals surface area contributed by atoms with E-state index in [0.717, 1.165) is 6.20 Å². The fourth-order valence-corrected chi connectivity index (χ4v) is 2.71. The molecule has 9 heteroatoms. The number of hydrogen-bond donors (Lipinski definition) is 2. The summed E-state index contributed by atoms with van der Waals surface area (Å²) in [5.74, 6) is -0.725. The second kappa shape index (κ2) is 5.04. The smallest absolute Gasteiger partial charge is 0.342 e. The summed E-state index contributed by atoms with van der Waals surface area (Å²) < 4.78 is 36.0. The van der Waals surface area contributed by atoms with E-state index in [4.69, 9.17) is 9.47 Å². The van der Waals surface area contributed by atoms with Crippen LogP contribution >= 0.6 is 0 Å². The first-order valence-corrected chi connectivity index (χ1v) is 6.83. The predicted molar refractivity (Wildman–Crippen MR) is 59.5 cm³/mol. The number of hydrogen-bond acceptors (Lipinski definition) is 6. The van der Waals surface area contributed by atoms with Gasteiger partial charge in [0, 0.05) is 0 Å². The van der Waals surface area contributed by atoms with Gasteiger partial charge in [-0.3, -0.25) is 5.10 Å². The van der Waals surface area contributed by atoms with Crippen LogP contribution in [0, 0.1) is 0 Å². The fraction of sp³-hybridized carbons (Fsp3) is 0.556. The van der Waals surface area contributed by atoms with E-state index in [1.54, 1.807) is 6.92 Å². The molecule has 1 aromatic heterocycles. The maximum absolute atomic E-state index is 12.0. The molecule has 0 bridgehead atoms. The number of ether oxygens (including phenoxy) is 2. The highest BCUT2D eigenvalue weighted by Gasteiger charge is 2.30. The van der Waals surface area contributed by atoms with Gasteiger partial charge >= 0.3 is 5.97 Å². The van der Waals surface area contributed by atoms with Crippen molar-refractivity contribution in [3.63, 3.8) is 0 Å². The maximum Gasteiger partial charge on any atom is 0.342 e. The van der Waals surface area contributed by atoms with Gasteiger partial charge < -0.3 is 9.47 Å². The standard InChI is InChI=1S/C9H13N3O5S/c1-2-17-9(13)7-3-10-11-8(7)18(14,15)12-6-4-16-5-6/h3,6,12H,2,4-5H2,1H3,(H,10,11). The molecule has 1 aliphatic rings. The second-order valence-electron chi connectivity index (χ2n) is 3.69. The minimum atomic E-state index is -3.82. The monoisotopic (exact) mass is 275 g/mol. The summed E-state index contributed by atoms with van der Waals surface area (Å²) in [6, 6.07) is -0.270. The van der Waals surface area contributed by atoms with E-state index in [1.807, 2.05) is 0 Å². The van der Waals surface area contributed by atoms with Crippen molar-refractivity contribution < 1.29 is 22.7 Å². The van der Waals surface area contributed by atoms with E-state index in [0.29, 0.717) is 13.2 Å². The van der Waals surface area contributed by atoms with Gasteiger partial charge in [0.15, 0.2) is 5.03 Å². The Hall–Kier alpha value is -1.45. The SMILES string of the molecule is CCOC(=O)c1cn[nH]c1S(=O)(=O)NC1COC1. The first-order chi connectivity index (χ1) is 8.54. The van der Waals surface area contributed by atoms with E-state index >= 15 is 0 Å². The molecule has 2 rings (SSSR count). The molecular formula is C9H13N3O5S. The quantitative estimate of drug-likeness (QED) is 0.685. The lowest BCUT2D eigenvalue weighted by molar-refractivity contribution is 0.00478. The number of carbonyl (C=O) groups is 1. The number of nitrogens with zero attached hydrogens (tertiary/aromatic N) is 1. The van der Waals surface area contributed by atoms with E-state index in [9.17, 15) is 13.2 Å². The molecule has 2 N–H and O–H groups in total. The molecule has 0 amide bonds. The average Bonchev–Trinajstić information content (AvgIpc) is 2.73. The predicted octanol–water partition coefficient (Wildman–Crippen LogP) is -0.736. The van der Waals surface area contributed by atoms with Crippen molar-refractivity contribution in [2.45, 2.75) is 18.0 Å². The fourth-order valence-electron chi connectivity index (χ4n) is 1.42. The summed E-state index contributed by atoms with van der Waals surface area (Å²) in [6.45, 7) is 2.44. The van der Waals surface area contributed by atoms with E-state index < -0.39 is 16.0 Å². The van der Waals surface area contributed by atoms with Crippen LogP contribution in [0.4, 0.5) is 0 Å². The van der Waals surface area contributed by atoms with Crippen molar-refractivity contribution >= 4 is 16.0 Å². The van der Waals surface area contributed by atoms with Crippen LogP contribution in [0.2, 0.25) is 0 Å². The third kappa shape index (κ3) is 2.52. The Morgan fingerprint density at radius 1 is 1.67 bits per heavy atom. The van der Waals surface area contributed by atoms with E-state index in [-0.39, 0.29) is 23.2 Å². The summed E-state index contributed by atoms with van der Waals surface area (Å²) in [5, 5.41) is 5.58. The van der Waals surface area contributed by atoms with Crippen molar-refractivity contribution in [1.29, 1.82) is 0 Å². The van der Waals surface area contributed by atoms with Gasteiger partial charge in [-0.2, -0.15) is 5.10 Å². The van der Waals surface area contributed by atoms with Gasteiger partial charge in [-0.05, 0) is 6.92 Å². The van der Waals surface area contributed by atoms with E-state index in [2.05, 4.69) is 14.9 Å². The van der Waals surface area contributed by atoms with Crippen LogP contribution in [0.5, 0.6) is 0 Å². The lowest BCUT2D eigenvalue weighted by atomic mass is 10.3. The van der Waals surface area contributed by atoms with Crippen LogP contribution < -0.4 is 4.72 Å². The number of sulfonamides is 1. The Labute approximate surface area is 104 Å². The largest absolute Gasteiger partial charge is 0.462 e. The zero-order valence-corrected chi connectivity index (χ0v) is 10.5. The molecule has 0 atom stereocenters. The van der Waals surface area contributed by atoms with Gasteiger partial charge in [0.1, 0.15) is 5.56 Å². The molecule has 100 valence electrons. The average molecular weight is 275 g/mol. The lowest BCUT2D eigenvalue weighted by Gasteiger charge is -2.26. The van der Waals surface area contributed by atoms with Crippen LogP contribution in [0.15, 0.2) is 11.2 Å². The molecule has 1 fully saturated rings. The highest BCUT2D eigenvalue weighted by molar-refractivity contribution is 7.89. The second-order valence-corrected chi connectivity index (χ2v) is 5.34. The number of nitrogens with one attached hydrogen (secondary N) is 2. The molecule has 1 aromatic rings. The molecule has 1 aliphatic heterocycles. The van der Waals surface area contributed by atoms with Gasteiger partial charge in [0.2, 0.25) is 0 Å². The van der Waals surface area contributed by atoms with Gasteiger partial charge in [0.25, 0.3) is 10.0 Å². The molecule has 2 heterocycles. The molecule has 18 heavy (non-hydrogen) atoms. The Morgan fingerprint density at radius 3 is 2.94 bits per heavy atom. The minimum Gasteiger partial charge on any atom is -0.462 e. The lowest BCUT2D eigenvalue weighted by Crippen LogP contribution is -2.48. The molecule has 0 aliphatic carbocycles. The van der Waals surface area contributed by atoms with Gasteiger partial charge in [-0.1, -0.05) is 0 Å². The highest BCUT2D eigenvalue weighted by Crippen LogP contribution is 2.15. The van der Waals surface area contributed by atoms with Crippen molar-refractivity contribution in [2.24, 2.45) is 0 Å². The Kier molecular flexibility index (Phi) is 3.64. The van der Waals surface area contributed by atoms with Crippen molar-refractivity contribution in [3.8, 4) is 0 Å². The third-order valence-corrected chi connectivity index (χ3v) is 3.82. The summed E-state index contributed by atoms with van der Waals surface area (Å²) in [5.41, 5.74) is -0.107. The number of H-pyrrole nitrogens is 1. The Morgan fingerprint density at radius 2 is 2.39 bits per heavy atom. The van der Waals surface area contributed by atoms with E-state index in [1.165, 1.54) is 0 Å². The van der Waals surface area contributed by atoms with Crippen molar-refractivity contribution in [1.82, 2.24) is 14.9 Å². The van der Waals surface area contributed by atoms with Gasteiger partial charge in [0.05, 0.1) is 32.1 Å². The summed E-state index contributed by atoms with van der Waals surface area (Å²) in [6.07, 6.45) is 1.13. The number of rotatable bonds is 5. The van der Waals surface area contributed by atoms with Crippen LogP contribution in [-0.2, 0) is 19.5 Å².